The summed E-state index contributed by atoms with van der Waals surface area (Å²) in [5, 5.41) is 7.47. The monoisotopic (exact) mass is 224 g/mol. The second-order valence-corrected chi connectivity index (χ2v) is 4.72. The molecule has 2 heterocycles. The number of hydrogen-bond donors (Lipinski definition) is 1. The molecular weight excluding hydrogens is 216 g/mol. The van der Waals surface area contributed by atoms with Crippen LogP contribution in [0.2, 0.25) is 0 Å². The second-order valence-electron chi connectivity index (χ2n) is 2.50. The van der Waals surface area contributed by atoms with Crippen molar-refractivity contribution in [2.24, 2.45) is 5.73 Å². The Morgan fingerprint density at radius 1 is 1.43 bits per heavy atom. The van der Waals surface area contributed by atoms with Crippen molar-refractivity contribution in [3.05, 3.63) is 35.6 Å². The van der Waals surface area contributed by atoms with E-state index in [9.17, 15) is 0 Å². The van der Waals surface area contributed by atoms with E-state index in [2.05, 4.69) is 15.2 Å². The van der Waals surface area contributed by atoms with Gasteiger partial charge >= 0.3 is 0 Å². The second kappa shape index (κ2) is 4.50. The third kappa shape index (κ3) is 2.28. The Labute approximate surface area is 89.6 Å². The number of nitrogens with two attached hydrogens (primary N) is 1. The molecule has 2 aromatic rings. The minimum atomic E-state index is -0.177. The molecule has 0 aliphatic heterocycles. The number of nitrogens with zero attached hydrogens (tertiary/aromatic N) is 3. The van der Waals surface area contributed by atoms with Gasteiger partial charge in [0.1, 0.15) is 10.9 Å². The summed E-state index contributed by atoms with van der Waals surface area (Å²) in [6.07, 6.45) is 1.73. The molecule has 6 heteroatoms. The van der Waals surface area contributed by atoms with E-state index in [1.807, 2.05) is 18.2 Å². The fourth-order valence-corrected chi connectivity index (χ4v) is 2.44. The Hall–Kier alpha value is -0.980. The summed E-state index contributed by atoms with van der Waals surface area (Å²) in [4.78, 5) is 4.17. The summed E-state index contributed by atoms with van der Waals surface area (Å²) in [7, 11) is 0. The molecule has 0 amide bonds. The minimum Gasteiger partial charge on any atom is -0.314 e. The first-order valence-corrected chi connectivity index (χ1v) is 5.71. The average molecular weight is 224 g/mol. The van der Waals surface area contributed by atoms with Gasteiger partial charge in [-0.25, -0.2) is 0 Å². The summed E-state index contributed by atoms with van der Waals surface area (Å²) in [6, 6.07) is 5.69. The van der Waals surface area contributed by atoms with E-state index in [4.69, 9.17) is 5.73 Å². The topological polar surface area (TPSA) is 64.7 Å². The van der Waals surface area contributed by atoms with Crippen LogP contribution in [0.15, 0.2) is 34.2 Å². The maximum Gasteiger partial charge on any atom is 0.175 e. The molecule has 0 saturated carbocycles. The van der Waals surface area contributed by atoms with Crippen molar-refractivity contribution in [2.75, 3.05) is 0 Å². The Bertz CT molecular complexity index is 376. The maximum absolute atomic E-state index is 5.93. The van der Waals surface area contributed by atoms with E-state index < -0.39 is 0 Å². The van der Waals surface area contributed by atoms with Gasteiger partial charge in [0.15, 0.2) is 4.34 Å². The molecule has 0 radical (unpaired) electrons. The standard InChI is InChI=1S/C8H8N4S2/c9-7(6-3-1-2-4-10-6)14-8-12-11-5-13-8/h1-5,7H,9H2. The lowest BCUT2D eigenvalue weighted by Crippen LogP contribution is -2.07. The number of aromatic nitrogens is 3. The predicted octanol–water partition coefficient (Wildman–Crippen LogP) is 1.68. The van der Waals surface area contributed by atoms with E-state index in [1.54, 1.807) is 11.7 Å². The number of thioether (sulfide) groups is 1. The lowest BCUT2D eigenvalue weighted by molar-refractivity contribution is 0.947. The van der Waals surface area contributed by atoms with Crippen LogP contribution >= 0.6 is 23.1 Å². The summed E-state index contributed by atoms with van der Waals surface area (Å²) < 4.78 is 0.864. The lowest BCUT2D eigenvalue weighted by Gasteiger charge is -2.06. The molecule has 2 rings (SSSR count). The number of rotatable bonds is 3. The van der Waals surface area contributed by atoms with Crippen LogP contribution in [-0.4, -0.2) is 15.2 Å². The number of hydrogen-bond acceptors (Lipinski definition) is 6. The third-order valence-corrected chi connectivity index (χ3v) is 3.39. The van der Waals surface area contributed by atoms with Gasteiger partial charge in [-0.3, -0.25) is 4.98 Å². The average Bonchev–Trinajstić information content (AvgIpc) is 2.72. The largest absolute Gasteiger partial charge is 0.314 e. The van der Waals surface area contributed by atoms with E-state index in [0.717, 1.165) is 10.0 Å². The van der Waals surface area contributed by atoms with Crippen molar-refractivity contribution in [1.29, 1.82) is 0 Å². The van der Waals surface area contributed by atoms with Crippen molar-refractivity contribution in [3.8, 4) is 0 Å². The van der Waals surface area contributed by atoms with Crippen LogP contribution in [0.5, 0.6) is 0 Å². The van der Waals surface area contributed by atoms with Crippen molar-refractivity contribution in [3.63, 3.8) is 0 Å². The molecule has 0 spiro atoms. The van der Waals surface area contributed by atoms with Crippen LogP contribution < -0.4 is 5.73 Å². The highest BCUT2D eigenvalue weighted by Crippen LogP contribution is 2.30. The quantitative estimate of drug-likeness (QED) is 0.634. The zero-order chi connectivity index (χ0) is 9.80. The zero-order valence-electron chi connectivity index (χ0n) is 7.20. The van der Waals surface area contributed by atoms with Gasteiger partial charge < -0.3 is 5.73 Å². The van der Waals surface area contributed by atoms with Gasteiger partial charge in [0.2, 0.25) is 0 Å². The molecule has 14 heavy (non-hydrogen) atoms. The minimum absolute atomic E-state index is 0.177. The van der Waals surface area contributed by atoms with Crippen LogP contribution in [0.1, 0.15) is 11.1 Å². The molecule has 1 unspecified atom stereocenters. The highest BCUT2D eigenvalue weighted by atomic mass is 32.2. The Balaban J connectivity index is 2.07. The molecule has 0 aliphatic carbocycles. The first-order valence-electron chi connectivity index (χ1n) is 3.95. The van der Waals surface area contributed by atoms with Gasteiger partial charge in [-0.1, -0.05) is 29.2 Å². The van der Waals surface area contributed by atoms with Gasteiger partial charge in [0, 0.05) is 6.20 Å². The normalized spacial score (nSPS) is 12.6. The fourth-order valence-electron chi connectivity index (χ4n) is 0.928. The van der Waals surface area contributed by atoms with Gasteiger partial charge in [0.25, 0.3) is 0 Å². The molecular formula is C8H8N4S2. The van der Waals surface area contributed by atoms with Gasteiger partial charge in [-0.15, -0.1) is 10.2 Å². The molecule has 72 valence electrons. The van der Waals surface area contributed by atoms with Crippen molar-refractivity contribution in [1.82, 2.24) is 15.2 Å². The van der Waals surface area contributed by atoms with Crippen molar-refractivity contribution < 1.29 is 0 Å². The molecule has 1 atom stereocenters. The maximum atomic E-state index is 5.93. The van der Waals surface area contributed by atoms with Crippen LogP contribution in [0.25, 0.3) is 0 Å². The third-order valence-electron chi connectivity index (χ3n) is 1.55. The highest BCUT2D eigenvalue weighted by molar-refractivity contribution is 8.01. The lowest BCUT2D eigenvalue weighted by atomic mass is 10.3. The smallest absolute Gasteiger partial charge is 0.175 e. The van der Waals surface area contributed by atoms with Gasteiger partial charge in [0.05, 0.1) is 5.69 Å². The first kappa shape index (κ1) is 9.57. The molecule has 0 aliphatic rings. The molecule has 0 fully saturated rings. The van der Waals surface area contributed by atoms with Crippen LogP contribution in [0, 0.1) is 0 Å². The highest BCUT2D eigenvalue weighted by Gasteiger charge is 2.10. The van der Waals surface area contributed by atoms with Crippen LogP contribution in [-0.2, 0) is 0 Å². The predicted molar refractivity (Wildman–Crippen MR) is 56.9 cm³/mol. The molecule has 0 saturated heterocycles. The Kier molecular flexibility index (Phi) is 3.07. The fraction of sp³-hybridized carbons (Fsp3) is 0.125. The molecule has 0 aromatic carbocycles. The Morgan fingerprint density at radius 3 is 3.00 bits per heavy atom. The molecule has 2 aromatic heterocycles. The molecule has 0 bridgehead atoms. The van der Waals surface area contributed by atoms with E-state index in [-0.39, 0.29) is 5.37 Å². The van der Waals surface area contributed by atoms with E-state index in [0.29, 0.717) is 0 Å². The van der Waals surface area contributed by atoms with Crippen LogP contribution in [0.3, 0.4) is 0 Å². The molecule has 2 N–H and O–H groups in total. The van der Waals surface area contributed by atoms with Crippen LogP contribution in [0.4, 0.5) is 0 Å². The van der Waals surface area contributed by atoms with E-state index >= 15 is 0 Å². The SMILES string of the molecule is NC(Sc1nncs1)c1ccccn1. The summed E-state index contributed by atoms with van der Waals surface area (Å²) in [5.74, 6) is 0. The summed E-state index contributed by atoms with van der Waals surface area (Å²) in [6.45, 7) is 0. The number of pyridine rings is 1. The summed E-state index contributed by atoms with van der Waals surface area (Å²) in [5.41, 5.74) is 8.47. The first-order chi connectivity index (χ1) is 6.86. The Morgan fingerprint density at radius 2 is 2.36 bits per heavy atom. The van der Waals surface area contributed by atoms with E-state index in [1.165, 1.54) is 23.1 Å². The van der Waals surface area contributed by atoms with Crippen molar-refractivity contribution >= 4 is 23.1 Å². The van der Waals surface area contributed by atoms with Gasteiger partial charge in [-0.05, 0) is 12.1 Å². The zero-order valence-corrected chi connectivity index (χ0v) is 8.83. The van der Waals surface area contributed by atoms with Gasteiger partial charge in [-0.2, -0.15) is 0 Å². The molecule has 4 nitrogen and oxygen atoms in total. The summed E-state index contributed by atoms with van der Waals surface area (Å²) >= 11 is 2.94. The van der Waals surface area contributed by atoms with Crippen molar-refractivity contribution in [2.45, 2.75) is 9.71 Å².